The van der Waals surface area contributed by atoms with Crippen molar-refractivity contribution >= 4 is 52.7 Å². The van der Waals surface area contributed by atoms with Gasteiger partial charge in [0.25, 0.3) is 0 Å². The number of halogens is 3. The van der Waals surface area contributed by atoms with Crippen LogP contribution in [0.25, 0.3) is 0 Å². The van der Waals surface area contributed by atoms with E-state index in [2.05, 4.69) is 15.3 Å². The number of amidine groups is 1. The number of ether oxygens (including phenoxy) is 2. The molecule has 0 aliphatic rings. The fraction of sp³-hybridized carbons (Fsp3) is 0.188. The Bertz CT molecular complexity index is 813. The van der Waals surface area contributed by atoms with Crippen LogP contribution in [0, 0.1) is 6.92 Å². The van der Waals surface area contributed by atoms with Crippen LogP contribution in [0.3, 0.4) is 0 Å². The SMILES string of the molecule is COc1cc(OC)c(Cl)c(C(=Nc2cnc(Cl)cc2C)NC=O)c1Cl. The quantitative estimate of drug-likeness (QED) is 0.352. The van der Waals surface area contributed by atoms with Crippen molar-refractivity contribution < 1.29 is 14.3 Å². The number of hydrogen-bond donors (Lipinski definition) is 1. The van der Waals surface area contributed by atoms with Crippen molar-refractivity contribution in [3.8, 4) is 11.5 Å². The highest BCUT2D eigenvalue weighted by atomic mass is 35.5. The Kier molecular flexibility index (Phi) is 6.47. The van der Waals surface area contributed by atoms with Gasteiger partial charge in [-0.15, -0.1) is 0 Å². The second-order valence-corrected chi connectivity index (χ2v) is 5.94. The van der Waals surface area contributed by atoms with Crippen LogP contribution in [0.1, 0.15) is 11.1 Å². The molecular weight excluding hydrogens is 389 g/mol. The minimum atomic E-state index is 0.120. The summed E-state index contributed by atoms with van der Waals surface area (Å²) >= 11 is 18.6. The number of nitrogens with one attached hydrogen (secondary N) is 1. The molecule has 0 fully saturated rings. The molecule has 9 heteroatoms. The summed E-state index contributed by atoms with van der Waals surface area (Å²) in [6, 6.07) is 3.19. The first-order valence-electron chi connectivity index (χ1n) is 6.94. The second kappa shape index (κ2) is 8.38. The number of aliphatic imine (C=N–C) groups is 1. The van der Waals surface area contributed by atoms with Gasteiger partial charge in [-0.25, -0.2) is 9.98 Å². The van der Waals surface area contributed by atoms with Gasteiger partial charge in [0.2, 0.25) is 6.41 Å². The zero-order valence-corrected chi connectivity index (χ0v) is 15.8. The summed E-state index contributed by atoms with van der Waals surface area (Å²) in [4.78, 5) is 19.5. The van der Waals surface area contributed by atoms with E-state index in [0.717, 1.165) is 5.56 Å². The highest BCUT2D eigenvalue weighted by Gasteiger charge is 2.21. The number of hydrogen-bond acceptors (Lipinski definition) is 5. The summed E-state index contributed by atoms with van der Waals surface area (Å²) in [6.07, 6.45) is 1.94. The minimum absolute atomic E-state index is 0.120. The molecule has 0 spiro atoms. The van der Waals surface area contributed by atoms with E-state index >= 15 is 0 Å². The molecule has 0 bridgehead atoms. The highest BCUT2D eigenvalue weighted by Crippen LogP contribution is 2.40. The number of methoxy groups -OCH3 is 2. The third-order valence-electron chi connectivity index (χ3n) is 3.29. The van der Waals surface area contributed by atoms with Crippen LogP contribution in [0.2, 0.25) is 15.2 Å². The van der Waals surface area contributed by atoms with Gasteiger partial charge in [0, 0.05) is 6.07 Å². The first kappa shape index (κ1) is 19.3. The van der Waals surface area contributed by atoms with E-state index in [1.165, 1.54) is 20.4 Å². The van der Waals surface area contributed by atoms with Gasteiger partial charge in [0.05, 0.1) is 41.7 Å². The molecule has 0 aliphatic carbocycles. The van der Waals surface area contributed by atoms with Crippen molar-refractivity contribution in [2.75, 3.05) is 14.2 Å². The Morgan fingerprint density at radius 2 is 1.76 bits per heavy atom. The maximum absolute atomic E-state index is 11.1. The van der Waals surface area contributed by atoms with Crippen LogP contribution in [0.4, 0.5) is 5.69 Å². The van der Waals surface area contributed by atoms with Crippen LogP contribution in [-0.2, 0) is 4.79 Å². The van der Waals surface area contributed by atoms with Gasteiger partial charge in [-0.05, 0) is 18.6 Å². The van der Waals surface area contributed by atoms with Gasteiger partial charge in [0.15, 0.2) is 0 Å². The van der Waals surface area contributed by atoms with Crippen LogP contribution >= 0.6 is 34.8 Å². The maximum atomic E-state index is 11.1. The lowest BCUT2D eigenvalue weighted by Crippen LogP contribution is -2.23. The topological polar surface area (TPSA) is 72.8 Å². The van der Waals surface area contributed by atoms with Gasteiger partial charge in [-0.2, -0.15) is 0 Å². The summed E-state index contributed by atoms with van der Waals surface area (Å²) < 4.78 is 10.5. The number of aromatic nitrogens is 1. The third kappa shape index (κ3) is 4.15. The molecule has 25 heavy (non-hydrogen) atoms. The Morgan fingerprint density at radius 1 is 1.16 bits per heavy atom. The van der Waals surface area contributed by atoms with Gasteiger partial charge in [-0.3, -0.25) is 4.79 Å². The lowest BCUT2D eigenvalue weighted by molar-refractivity contribution is -0.108. The maximum Gasteiger partial charge on any atom is 0.212 e. The average molecular weight is 403 g/mol. The van der Waals surface area contributed by atoms with Crippen molar-refractivity contribution in [2.24, 2.45) is 4.99 Å². The van der Waals surface area contributed by atoms with Gasteiger partial charge in [-0.1, -0.05) is 34.8 Å². The van der Waals surface area contributed by atoms with E-state index in [1.807, 2.05) is 0 Å². The zero-order valence-electron chi connectivity index (χ0n) is 13.6. The molecule has 1 heterocycles. The van der Waals surface area contributed by atoms with Crippen molar-refractivity contribution in [1.82, 2.24) is 10.3 Å². The Hall–Kier alpha value is -2.02. The number of aryl methyl sites for hydroxylation is 1. The Balaban J connectivity index is 2.72. The molecule has 2 aromatic rings. The Labute approximate surface area is 159 Å². The average Bonchev–Trinajstić information content (AvgIpc) is 2.58. The summed E-state index contributed by atoms with van der Waals surface area (Å²) in [5, 5.41) is 3.20. The monoisotopic (exact) mass is 401 g/mol. The van der Waals surface area contributed by atoms with E-state index in [-0.39, 0.29) is 21.4 Å². The third-order valence-corrected chi connectivity index (χ3v) is 4.25. The Morgan fingerprint density at radius 3 is 2.24 bits per heavy atom. The molecule has 0 aliphatic heterocycles. The first-order chi connectivity index (χ1) is 11.9. The van der Waals surface area contributed by atoms with Crippen LogP contribution in [0.15, 0.2) is 23.3 Å². The van der Waals surface area contributed by atoms with Crippen molar-refractivity contribution in [2.45, 2.75) is 6.92 Å². The zero-order chi connectivity index (χ0) is 18.6. The number of amides is 1. The standard InChI is InChI=1S/C16H14Cl3N3O3/c1-8-4-12(17)20-6-9(8)22-16(21-7-23)13-14(18)10(24-2)5-11(25-3)15(13)19/h4-7H,1-3H3,(H,21,22,23). The van der Waals surface area contributed by atoms with E-state index in [9.17, 15) is 4.79 Å². The largest absolute Gasteiger partial charge is 0.495 e. The van der Waals surface area contributed by atoms with E-state index in [4.69, 9.17) is 44.3 Å². The van der Waals surface area contributed by atoms with E-state index in [1.54, 1.807) is 19.1 Å². The summed E-state index contributed by atoms with van der Waals surface area (Å²) in [5.41, 5.74) is 1.51. The lowest BCUT2D eigenvalue weighted by atomic mass is 10.1. The molecule has 6 nitrogen and oxygen atoms in total. The molecule has 0 unspecified atom stereocenters. The predicted octanol–water partition coefficient (Wildman–Crippen LogP) is 4.19. The lowest BCUT2D eigenvalue weighted by Gasteiger charge is -2.16. The minimum Gasteiger partial charge on any atom is -0.495 e. The molecular formula is C16H14Cl3N3O3. The molecule has 0 atom stereocenters. The smallest absolute Gasteiger partial charge is 0.212 e. The molecule has 1 aromatic carbocycles. The van der Waals surface area contributed by atoms with Crippen molar-refractivity contribution in [1.29, 1.82) is 0 Å². The second-order valence-electron chi connectivity index (χ2n) is 4.80. The number of carbonyl (C=O) groups is 1. The number of nitrogens with zero attached hydrogens (tertiary/aromatic N) is 2. The summed E-state index contributed by atoms with van der Waals surface area (Å²) in [7, 11) is 2.91. The number of benzene rings is 1. The van der Waals surface area contributed by atoms with Gasteiger partial charge < -0.3 is 14.8 Å². The van der Waals surface area contributed by atoms with Crippen LogP contribution < -0.4 is 14.8 Å². The van der Waals surface area contributed by atoms with Crippen molar-refractivity contribution in [3.05, 3.63) is 44.7 Å². The molecule has 0 radical (unpaired) electrons. The molecule has 1 amide bonds. The number of carbonyl (C=O) groups excluding carboxylic acids is 1. The molecule has 0 saturated heterocycles. The predicted molar refractivity (Wildman–Crippen MR) is 98.9 cm³/mol. The van der Waals surface area contributed by atoms with E-state index < -0.39 is 0 Å². The molecule has 132 valence electrons. The molecule has 1 N–H and O–H groups in total. The summed E-state index contributed by atoms with van der Waals surface area (Å²) in [5.74, 6) is 0.767. The van der Waals surface area contributed by atoms with Gasteiger partial charge >= 0.3 is 0 Å². The molecule has 0 saturated carbocycles. The van der Waals surface area contributed by atoms with E-state index in [0.29, 0.717) is 28.7 Å². The molecule has 2 rings (SSSR count). The highest BCUT2D eigenvalue weighted by molar-refractivity contribution is 6.42. The number of rotatable bonds is 5. The van der Waals surface area contributed by atoms with Crippen molar-refractivity contribution in [3.63, 3.8) is 0 Å². The van der Waals surface area contributed by atoms with Crippen LogP contribution in [-0.4, -0.2) is 31.4 Å². The van der Waals surface area contributed by atoms with Crippen LogP contribution in [0.5, 0.6) is 11.5 Å². The normalized spacial score (nSPS) is 11.2. The fourth-order valence-corrected chi connectivity index (χ4v) is 2.95. The fourth-order valence-electron chi connectivity index (χ4n) is 2.06. The number of pyridine rings is 1. The van der Waals surface area contributed by atoms with Gasteiger partial charge in [0.1, 0.15) is 22.5 Å². The molecule has 1 aromatic heterocycles. The first-order valence-corrected chi connectivity index (χ1v) is 8.07. The summed E-state index contributed by atoms with van der Waals surface area (Å²) in [6.45, 7) is 1.81.